The Hall–Kier alpha value is -1.20. The molecule has 24 heavy (non-hydrogen) atoms. The first kappa shape index (κ1) is 17.6. The standard InChI is InChI=1S/C19H28F2N2O/c20-15-3-6-19(18(21)13-15)24-17-8-11-23(12-9-17)10-7-14-1-4-16(22)5-2-14/h3,6,13-14,16-17H,1-2,4-5,7-12,22H2/t14-,16-. The van der Waals surface area contributed by atoms with Gasteiger partial charge in [-0.3, -0.25) is 0 Å². The van der Waals surface area contributed by atoms with E-state index in [1.54, 1.807) is 0 Å². The van der Waals surface area contributed by atoms with Crippen LogP contribution in [0.5, 0.6) is 5.75 Å². The Labute approximate surface area is 143 Å². The van der Waals surface area contributed by atoms with Crippen molar-refractivity contribution in [1.29, 1.82) is 0 Å². The summed E-state index contributed by atoms with van der Waals surface area (Å²) in [4.78, 5) is 2.48. The summed E-state index contributed by atoms with van der Waals surface area (Å²) < 4.78 is 32.3. The summed E-state index contributed by atoms with van der Waals surface area (Å²) in [6.45, 7) is 3.11. The van der Waals surface area contributed by atoms with E-state index in [0.717, 1.165) is 44.5 Å². The molecule has 1 saturated heterocycles. The van der Waals surface area contributed by atoms with Crippen molar-refractivity contribution in [2.24, 2.45) is 11.7 Å². The van der Waals surface area contributed by atoms with Crippen LogP contribution in [0.4, 0.5) is 8.78 Å². The normalized spacial score (nSPS) is 26.5. The maximum atomic E-state index is 13.7. The number of benzene rings is 1. The maximum Gasteiger partial charge on any atom is 0.167 e. The molecule has 1 heterocycles. The van der Waals surface area contributed by atoms with Gasteiger partial charge in [-0.25, -0.2) is 8.78 Å². The van der Waals surface area contributed by atoms with Gasteiger partial charge in [0, 0.05) is 25.2 Å². The topological polar surface area (TPSA) is 38.5 Å². The molecule has 1 aliphatic carbocycles. The molecule has 3 nitrogen and oxygen atoms in total. The highest BCUT2D eigenvalue weighted by molar-refractivity contribution is 5.25. The molecule has 5 heteroatoms. The van der Waals surface area contributed by atoms with Crippen molar-refractivity contribution in [2.45, 2.75) is 57.1 Å². The fraction of sp³-hybridized carbons (Fsp3) is 0.684. The van der Waals surface area contributed by atoms with Gasteiger partial charge >= 0.3 is 0 Å². The first-order valence-electron chi connectivity index (χ1n) is 9.20. The second-order valence-electron chi connectivity index (χ2n) is 7.30. The number of nitrogens with two attached hydrogens (primary N) is 1. The zero-order chi connectivity index (χ0) is 16.9. The zero-order valence-corrected chi connectivity index (χ0v) is 14.2. The van der Waals surface area contributed by atoms with Gasteiger partial charge in [0.1, 0.15) is 11.9 Å². The molecule has 0 amide bonds. The number of halogens is 2. The Morgan fingerprint density at radius 1 is 1.04 bits per heavy atom. The highest BCUT2D eigenvalue weighted by Crippen LogP contribution is 2.27. The van der Waals surface area contributed by atoms with E-state index in [4.69, 9.17) is 10.5 Å². The van der Waals surface area contributed by atoms with E-state index in [-0.39, 0.29) is 11.9 Å². The minimum Gasteiger partial charge on any atom is -0.487 e. The van der Waals surface area contributed by atoms with Gasteiger partial charge in [-0.1, -0.05) is 0 Å². The number of rotatable bonds is 5. The van der Waals surface area contributed by atoms with Gasteiger partial charge in [-0.05, 0) is 69.5 Å². The zero-order valence-electron chi connectivity index (χ0n) is 14.2. The van der Waals surface area contributed by atoms with Gasteiger partial charge in [-0.2, -0.15) is 0 Å². The molecule has 0 spiro atoms. The molecule has 3 rings (SSSR count). The number of hydrogen-bond acceptors (Lipinski definition) is 3. The first-order chi connectivity index (χ1) is 11.6. The molecule has 2 N–H and O–H groups in total. The van der Waals surface area contributed by atoms with Gasteiger partial charge in [0.25, 0.3) is 0 Å². The Bertz CT molecular complexity index is 524. The number of nitrogens with zero attached hydrogens (tertiary/aromatic N) is 1. The molecule has 2 fully saturated rings. The maximum absolute atomic E-state index is 13.7. The van der Waals surface area contributed by atoms with Crippen LogP contribution in [0.15, 0.2) is 18.2 Å². The van der Waals surface area contributed by atoms with Crippen LogP contribution in [0.2, 0.25) is 0 Å². The smallest absolute Gasteiger partial charge is 0.167 e. The van der Waals surface area contributed by atoms with Crippen LogP contribution in [0.1, 0.15) is 44.9 Å². The van der Waals surface area contributed by atoms with Crippen LogP contribution < -0.4 is 10.5 Å². The molecule has 0 atom stereocenters. The number of hydrogen-bond donors (Lipinski definition) is 1. The Balaban J connectivity index is 1.38. The predicted molar refractivity (Wildman–Crippen MR) is 91.0 cm³/mol. The SMILES string of the molecule is N[C@H]1CC[C@H](CCN2CCC(Oc3ccc(F)cc3F)CC2)CC1. The third kappa shape index (κ3) is 4.90. The van der Waals surface area contributed by atoms with E-state index < -0.39 is 11.6 Å². The summed E-state index contributed by atoms with van der Waals surface area (Å²) in [7, 11) is 0. The van der Waals surface area contributed by atoms with E-state index >= 15 is 0 Å². The summed E-state index contributed by atoms with van der Waals surface area (Å²) >= 11 is 0. The molecular weight excluding hydrogens is 310 g/mol. The molecule has 1 aromatic carbocycles. The summed E-state index contributed by atoms with van der Waals surface area (Å²) in [5.41, 5.74) is 5.96. The Morgan fingerprint density at radius 3 is 2.42 bits per heavy atom. The van der Waals surface area contributed by atoms with Crippen molar-refractivity contribution >= 4 is 0 Å². The average molecular weight is 338 g/mol. The third-order valence-electron chi connectivity index (χ3n) is 5.47. The average Bonchev–Trinajstić information content (AvgIpc) is 2.58. The predicted octanol–water partition coefficient (Wildman–Crippen LogP) is 3.72. The van der Waals surface area contributed by atoms with Crippen LogP contribution in [-0.2, 0) is 0 Å². The fourth-order valence-electron chi connectivity index (χ4n) is 3.84. The minimum atomic E-state index is -0.618. The largest absolute Gasteiger partial charge is 0.487 e. The lowest BCUT2D eigenvalue weighted by molar-refractivity contribution is 0.0921. The van der Waals surface area contributed by atoms with E-state index in [1.807, 2.05) is 0 Å². The molecule has 0 bridgehead atoms. The highest BCUT2D eigenvalue weighted by atomic mass is 19.1. The summed E-state index contributed by atoms with van der Waals surface area (Å²) in [5, 5.41) is 0. The lowest BCUT2D eigenvalue weighted by Gasteiger charge is -2.34. The van der Waals surface area contributed by atoms with Gasteiger partial charge < -0.3 is 15.4 Å². The Morgan fingerprint density at radius 2 is 1.75 bits per heavy atom. The Kier molecular flexibility index (Phi) is 6.06. The van der Waals surface area contributed by atoms with Crippen molar-refractivity contribution in [2.75, 3.05) is 19.6 Å². The van der Waals surface area contributed by atoms with Gasteiger partial charge in [0.05, 0.1) is 0 Å². The lowest BCUT2D eigenvalue weighted by Crippen LogP contribution is -2.39. The number of likely N-dealkylation sites (tertiary alicyclic amines) is 1. The van der Waals surface area contributed by atoms with E-state index in [1.165, 1.54) is 44.2 Å². The number of ether oxygens (including phenoxy) is 1. The molecule has 0 radical (unpaired) electrons. The molecule has 2 aliphatic rings. The quantitative estimate of drug-likeness (QED) is 0.889. The van der Waals surface area contributed by atoms with Crippen molar-refractivity contribution in [3.63, 3.8) is 0 Å². The minimum absolute atomic E-state index is 0.0221. The molecule has 0 unspecified atom stereocenters. The molecule has 1 aliphatic heterocycles. The highest BCUT2D eigenvalue weighted by Gasteiger charge is 2.23. The monoisotopic (exact) mass is 338 g/mol. The number of piperidine rings is 1. The van der Waals surface area contributed by atoms with Crippen LogP contribution in [0.25, 0.3) is 0 Å². The van der Waals surface area contributed by atoms with E-state index in [9.17, 15) is 8.78 Å². The van der Waals surface area contributed by atoms with Crippen LogP contribution in [-0.4, -0.2) is 36.7 Å². The molecule has 1 saturated carbocycles. The van der Waals surface area contributed by atoms with Gasteiger partial charge in [0.15, 0.2) is 11.6 Å². The molecular formula is C19H28F2N2O. The van der Waals surface area contributed by atoms with Crippen molar-refractivity contribution in [3.05, 3.63) is 29.8 Å². The van der Waals surface area contributed by atoms with Crippen LogP contribution in [0, 0.1) is 17.6 Å². The van der Waals surface area contributed by atoms with Gasteiger partial charge in [0.2, 0.25) is 0 Å². The fourth-order valence-corrected chi connectivity index (χ4v) is 3.84. The third-order valence-corrected chi connectivity index (χ3v) is 5.47. The molecule has 1 aromatic rings. The lowest BCUT2D eigenvalue weighted by atomic mass is 9.84. The molecule has 0 aromatic heterocycles. The van der Waals surface area contributed by atoms with Crippen molar-refractivity contribution in [3.8, 4) is 5.75 Å². The second-order valence-corrected chi connectivity index (χ2v) is 7.30. The van der Waals surface area contributed by atoms with Gasteiger partial charge in [-0.15, -0.1) is 0 Å². The van der Waals surface area contributed by atoms with Crippen LogP contribution in [0.3, 0.4) is 0 Å². The second kappa shape index (κ2) is 8.26. The van der Waals surface area contributed by atoms with E-state index in [0.29, 0.717) is 6.04 Å². The van der Waals surface area contributed by atoms with Crippen LogP contribution >= 0.6 is 0 Å². The van der Waals surface area contributed by atoms with E-state index in [2.05, 4.69) is 4.90 Å². The summed E-state index contributed by atoms with van der Waals surface area (Å²) in [5.74, 6) is -0.202. The first-order valence-corrected chi connectivity index (χ1v) is 9.20. The van der Waals surface area contributed by atoms with Crippen molar-refractivity contribution in [1.82, 2.24) is 4.90 Å². The summed E-state index contributed by atoms with van der Waals surface area (Å²) in [6.07, 6.45) is 7.95. The molecule has 134 valence electrons. The summed E-state index contributed by atoms with van der Waals surface area (Å²) in [6, 6.07) is 3.91. The van der Waals surface area contributed by atoms with Crippen molar-refractivity contribution < 1.29 is 13.5 Å².